The van der Waals surface area contributed by atoms with Crippen LogP contribution in [0.1, 0.15) is 11.1 Å². The molecule has 6 nitrogen and oxygen atoms in total. The SMILES string of the molecule is Cc1ccc(NC(=O)Nc2cccc3c2ccn3Cc2ccnc3[nH]ccc23)cc1.Cl. The minimum absolute atomic E-state index is 0. The first-order chi connectivity index (χ1) is 14.7. The average Bonchev–Trinajstić information content (AvgIpc) is 3.38. The Morgan fingerprint density at radius 2 is 1.84 bits per heavy atom. The number of carbonyl (C=O) groups is 1. The average molecular weight is 432 g/mol. The van der Waals surface area contributed by atoms with Crippen molar-refractivity contribution < 1.29 is 4.79 Å². The quantitative estimate of drug-likeness (QED) is 0.329. The standard InChI is InChI=1S/C24H21N5O.ClH/c1-16-5-7-18(8-6-16)27-24(30)28-21-3-2-4-22-20(21)11-14-29(22)15-17-9-12-25-23-19(17)10-13-26-23;/h2-14H,15H2,1H3,(H,25,26)(H2,27,28,30);1H. The monoisotopic (exact) mass is 431 g/mol. The van der Waals surface area contributed by atoms with Gasteiger partial charge in [0.15, 0.2) is 0 Å². The van der Waals surface area contributed by atoms with Gasteiger partial charge in [0.25, 0.3) is 0 Å². The van der Waals surface area contributed by atoms with Crippen molar-refractivity contribution in [2.45, 2.75) is 13.5 Å². The number of hydrogen-bond donors (Lipinski definition) is 3. The molecule has 0 radical (unpaired) electrons. The van der Waals surface area contributed by atoms with E-state index in [-0.39, 0.29) is 18.4 Å². The van der Waals surface area contributed by atoms with Crippen LogP contribution < -0.4 is 10.6 Å². The second-order valence-corrected chi connectivity index (χ2v) is 7.34. The van der Waals surface area contributed by atoms with Gasteiger partial charge in [-0.2, -0.15) is 0 Å². The third-order valence-electron chi connectivity index (χ3n) is 5.26. The van der Waals surface area contributed by atoms with Gasteiger partial charge < -0.3 is 20.2 Å². The Hall–Kier alpha value is -3.77. The van der Waals surface area contributed by atoms with Gasteiger partial charge in [-0.1, -0.05) is 23.8 Å². The summed E-state index contributed by atoms with van der Waals surface area (Å²) in [6.45, 7) is 2.74. The molecule has 2 amide bonds. The maximum absolute atomic E-state index is 12.5. The van der Waals surface area contributed by atoms with Crippen molar-refractivity contribution in [2.24, 2.45) is 0 Å². The van der Waals surface area contributed by atoms with Crippen LogP contribution >= 0.6 is 12.4 Å². The van der Waals surface area contributed by atoms with Gasteiger partial charge in [0.1, 0.15) is 5.65 Å². The zero-order valence-electron chi connectivity index (χ0n) is 16.9. The van der Waals surface area contributed by atoms with E-state index in [0.29, 0.717) is 0 Å². The van der Waals surface area contributed by atoms with E-state index in [1.165, 1.54) is 5.56 Å². The van der Waals surface area contributed by atoms with Gasteiger partial charge in [-0.05, 0) is 55.0 Å². The van der Waals surface area contributed by atoms with E-state index in [4.69, 9.17) is 0 Å². The van der Waals surface area contributed by atoms with E-state index >= 15 is 0 Å². The van der Waals surface area contributed by atoms with Crippen LogP contribution in [0.5, 0.6) is 0 Å². The van der Waals surface area contributed by atoms with Gasteiger partial charge in [-0.15, -0.1) is 12.4 Å². The third-order valence-corrected chi connectivity index (χ3v) is 5.26. The Balaban J connectivity index is 0.00000231. The molecule has 0 fully saturated rings. The Labute approximate surface area is 185 Å². The van der Waals surface area contributed by atoms with Crippen molar-refractivity contribution in [3.8, 4) is 0 Å². The van der Waals surface area contributed by atoms with Crippen molar-refractivity contribution in [3.05, 3.63) is 90.4 Å². The van der Waals surface area contributed by atoms with E-state index in [1.807, 2.05) is 80.1 Å². The zero-order chi connectivity index (χ0) is 20.5. The number of H-pyrrole nitrogens is 1. The van der Waals surface area contributed by atoms with Crippen LogP contribution in [0.2, 0.25) is 0 Å². The zero-order valence-corrected chi connectivity index (χ0v) is 17.7. The number of nitrogens with zero attached hydrogens (tertiary/aromatic N) is 2. The summed E-state index contributed by atoms with van der Waals surface area (Å²) in [5.41, 5.74) is 5.82. The van der Waals surface area contributed by atoms with Gasteiger partial charge in [0.05, 0.1) is 11.2 Å². The molecule has 5 rings (SSSR count). The molecule has 3 N–H and O–H groups in total. The van der Waals surface area contributed by atoms with Gasteiger partial charge >= 0.3 is 6.03 Å². The molecule has 0 atom stereocenters. The summed E-state index contributed by atoms with van der Waals surface area (Å²) in [5.74, 6) is 0. The molecule has 0 unspecified atom stereocenters. The number of fused-ring (bicyclic) bond motifs is 2. The van der Waals surface area contributed by atoms with Gasteiger partial charge in [0.2, 0.25) is 0 Å². The highest BCUT2D eigenvalue weighted by Gasteiger charge is 2.10. The van der Waals surface area contributed by atoms with Crippen molar-refractivity contribution >= 4 is 51.7 Å². The predicted molar refractivity (Wildman–Crippen MR) is 128 cm³/mol. The molecule has 3 aromatic heterocycles. The first-order valence-corrected chi connectivity index (χ1v) is 9.81. The molecule has 0 spiro atoms. The number of aromatic nitrogens is 3. The number of halogens is 1. The lowest BCUT2D eigenvalue weighted by atomic mass is 10.2. The maximum atomic E-state index is 12.5. The number of aromatic amines is 1. The fraction of sp³-hybridized carbons (Fsp3) is 0.0833. The summed E-state index contributed by atoms with van der Waals surface area (Å²) >= 11 is 0. The molecule has 3 heterocycles. The van der Waals surface area contributed by atoms with Gasteiger partial charge in [0, 0.05) is 41.6 Å². The van der Waals surface area contributed by atoms with Crippen molar-refractivity contribution in [3.63, 3.8) is 0 Å². The largest absolute Gasteiger partial charge is 0.346 e. The fourth-order valence-corrected chi connectivity index (χ4v) is 3.73. The van der Waals surface area contributed by atoms with Crippen molar-refractivity contribution in [2.75, 3.05) is 10.6 Å². The Morgan fingerprint density at radius 3 is 2.68 bits per heavy atom. The third kappa shape index (κ3) is 4.11. The van der Waals surface area contributed by atoms with Crippen molar-refractivity contribution in [1.82, 2.24) is 14.5 Å². The molecule has 0 aliphatic heterocycles. The first kappa shape index (κ1) is 20.5. The molecule has 156 valence electrons. The Kier molecular flexibility index (Phi) is 5.64. The van der Waals surface area contributed by atoms with Crippen LogP contribution in [0, 0.1) is 6.92 Å². The van der Waals surface area contributed by atoms with Gasteiger partial charge in [-0.3, -0.25) is 0 Å². The molecule has 31 heavy (non-hydrogen) atoms. The molecule has 0 saturated heterocycles. The summed E-state index contributed by atoms with van der Waals surface area (Å²) in [5, 5.41) is 7.96. The molecule has 0 aliphatic carbocycles. The van der Waals surface area contributed by atoms with Crippen LogP contribution in [0.3, 0.4) is 0 Å². The summed E-state index contributed by atoms with van der Waals surface area (Å²) < 4.78 is 2.18. The number of aryl methyl sites for hydroxylation is 1. The predicted octanol–water partition coefficient (Wildman–Crippen LogP) is 5.94. The summed E-state index contributed by atoms with van der Waals surface area (Å²) in [6.07, 6.45) is 5.78. The topological polar surface area (TPSA) is 74.7 Å². The molecule has 2 aromatic carbocycles. The van der Waals surface area contributed by atoms with Crippen LogP contribution in [0.25, 0.3) is 21.9 Å². The fourth-order valence-electron chi connectivity index (χ4n) is 3.73. The number of carbonyl (C=O) groups excluding carboxylic acids is 1. The van der Waals surface area contributed by atoms with Crippen LogP contribution in [0.15, 0.2) is 79.3 Å². The number of nitrogens with one attached hydrogen (secondary N) is 3. The highest BCUT2D eigenvalue weighted by molar-refractivity contribution is 6.05. The highest BCUT2D eigenvalue weighted by atomic mass is 35.5. The van der Waals surface area contributed by atoms with Crippen LogP contribution in [-0.4, -0.2) is 20.6 Å². The number of pyridine rings is 1. The molecular weight excluding hydrogens is 410 g/mol. The number of urea groups is 1. The lowest BCUT2D eigenvalue weighted by Gasteiger charge is -2.10. The number of benzene rings is 2. The molecular formula is C24H22ClN5O. The van der Waals surface area contributed by atoms with E-state index < -0.39 is 0 Å². The van der Waals surface area contributed by atoms with E-state index in [0.717, 1.165) is 45.4 Å². The highest BCUT2D eigenvalue weighted by Crippen LogP contribution is 2.26. The molecule has 0 aliphatic rings. The molecule has 5 aromatic rings. The number of anilines is 2. The molecule has 0 saturated carbocycles. The Morgan fingerprint density at radius 1 is 1.00 bits per heavy atom. The molecule has 7 heteroatoms. The lowest BCUT2D eigenvalue weighted by Crippen LogP contribution is -2.19. The van der Waals surface area contributed by atoms with E-state index in [1.54, 1.807) is 0 Å². The van der Waals surface area contributed by atoms with Crippen LogP contribution in [0.4, 0.5) is 16.2 Å². The second-order valence-electron chi connectivity index (χ2n) is 7.34. The van der Waals surface area contributed by atoms with Crippen molar-refractivity contribution in [1.29, 1.82) is 0 Å². The minimum Gasteiger partial charge on any atom is -0.346 e. The van der Waals surface area contributed by atoms with E-state index in [9.17, 15) is 4.79 Å². The maximum Gasteiger partial charge on any atom is 0.323 e. The first-order valence-electron chi connectivity index (χ1n) is 9.81. The molecule has 0 bridgehead atoms. The lowest BCUT2D eigenvalue weighted by molar-refractivity contribution is 0.262. The minimum atomic E-state index is -0.262. The summed E-state index contributed by atoms with van der Waals surface area (Å²) in [6, 6.07) is 19.5. The second kappa shape index (κ2) is 8.53. The van der Waals surface area contributed by atoms with Crippen LogP contribution in [-0.2, 0) is 6.54 Å². The summed E-state index contributed by atoms with van der Waals surface area (Å²) in [7, 11) is 0. The van der Waals surface area contributed by atoms with E-state index in [2.05, 4.69) is 31.2 Å². The smallest absolute Gasteiger partial charge is 0.323 e. The normalized spacial score (nSPS) is 10.7. The number of amides is 2. The number of hydrogen-bond acceptors (Lipinski definition) is 2. The number of rotatable bonds is 4. The Bertz CT molecular complexity index is 1350. The summed E-state index contributed by atoms with van der Waals surface area (Å²) in [4.78, 5) is 20.0. The van der Waals surface area contributed by atoms with Gasteiger partial charge in [-0.25, -0.2) is 9.78 Å².